The molecule has 0 bridgehead atoms. The number of carbonyl (C=O) groups is 4. The van der Waals surface area contributed by atoms with Crippen molar-refractivity contribution >= 4 is 34.9 Å². The van der Waals surface area contributed by atoms with Gasteiger partial charge in [-0.3, -0.25) is 14.4 Å². The van der Waals surface area contributed by atoms with Gasteiger partial charge in [0.1, 0.15) is 0 Å². The van der Waals surface area contributed by atoms with E-state index in [1.807, 2.05) is 31.2 Å². The lowest BCUT2D eigenvalue weighted by atomic mass is 9.81. The van der Waals surface area contributed by atoms with Gasteiger partial charge in [0, 0.05) is 16.8 Å². The maximum atomic E-state index is 13.4. The van der Waals surface area contributed by atoms with Crippen LogP contribution >= 0.6 is 0 Å². The number of hydrogen-bond donors (Lipinski definition) is 2. The molecule has 0 spiro atoms. The molecule has 3 aromatic carbocycles. The molecule has 7 nitrogen and oxygen atoms in total. The van der Waals surface area contributed by atoms with Gasteiger partial charge in [-0.05, 0) is 56.2 Å². The largest absolute Gasteiger partial charge is 0.465 e. The van der Waals surface area contributed by atoms with Gasteiger partial charge in [0.05, 0.1) is 30.2 Å². The Labute approximate surface area is 215 Å². The van der Waals surface area contributed by atoms with Crippen LogP contribution < -0.4 is 10.6 Å². The third-order valence-corrected chi connectivity index (χ3v) is 6.39. The molecular weight excluding hydrogens is 468 g/mol. The van der Waals surface area contributed by atoms with Crippen LogP contribution in [-0.2, 0) is 14.3 Å². The van der Waals surface area contributed by atoms with Crippen LogP contribution in [-0.4, -0.2) is 30.7 Å². The summed E-state index contributed by atoms with van der Waals surface area (Å²) in [5.74, 6) is -2.47. The van der Waals surface area contributed by atoms with E-state index in [2.05, 4.69) is 10.6 Å². The summed E-state index contributed by atoms with van der Waals surface area (Å²) >= 11 is 0. The molecule has 0 heterocycles. The zero-order chi connectivity index (χ0) is 26.4. The van der Waals surface area contributed by atoms with Gasteiger partial charge in [0.15, 0.2) is 5.78 Å². The number of hydrogen-bond acceptors (Lipinski definition) is 5. The predicted molar refractivity (Wildman–Crippen MR) is 141 cm³/mol. The van der Waals surface area contributed by atoms with E-state index >= 15 is 0 Å². The number of aryl methyl sites for hydroxylation is 1. The summed E-state index contributed by atoms with van der Waals surface area (Å²) < 4.78 is 4.70. The van der Waals surface area contributed by atoms with E-state index in [9.17, 15) is 19.2 Å². The predicted octanol–water partition coefficient (Wildman–Crippen LogP) is 5.17. The Hall–Kier alpha value is -4.52. The van der Waals surface area contributed by atoms with Gasteiger partial charge in [0.2, 0.25) is 11.8 Å². The van der Waals surface area contributed by atoms with Crippen LogP contribution in [0.25, 0.3) is 0 Å². The maximum absolute atomic E-state index is 13.4. The van der Waals surface area contributed by atoms with Crippen LogP contribution in [0.15, 0.2) is 84.9 Å². The molecule has 0 aliphatic heterocycles. The number of nitrogens with one attached hydrogen (secondary N) is 2. The van der Waals surface area contributed by atoms with Gasteiger partial charge in [-0.2, -0.15) is 0 Å². The molecule has 2 amide bonds. The van der Waals surface area contributed by atoms with E-state index in [1.165, 1.54) is 7.11 Å². The second kappa shape index (κ2) is 11.5. The number of carbonyl (C=O) groups excluding carboxylic acids is 4. The molecule has 2 unspecified atom stereocenters. The number of allylic oxidation sites excluding steroid dienone is 2. The fourth-order valence-electron chi connectivity index (χ4n) is 4.36. The first-order valence-electron chi connectivity index (χ1n) is 12.0. The zero-order valence-electron chi connectivity index (χ0n) is 20.7. The summed E-state index contributed by atoms with van der Waals surface area (Å²) in [4.78, 5) is 51.4. The van der Waals surface area contributed by atoms with Crippen molar-refractivity contribution in [2.24, 2.45) is 11.8 Å². The van der Waals surface area contributed by atoms with Crippen molar-refractivity contribution in [3.63, 3.8) is 0 Å². The molecule has 0 saturated carbocycles. The first kappa shape index (κ1) is 25.6. The van der Waals surface area contributed by atoms with Crippen LogP contribution in [0, 0.1) is 18.8 Å². The Morgan fingerprint density at radius 2 is 1.38 bits per heavy atom. The molecule has 4 rings (SSSR count). The molecule has 7 heteroatoms. The van der Waals surface area contributed by atoms with Crippen molar-refractivity contribution in [1.29, 1.82) is 0 Å². The smallest absolute Gasteiger partial charge is 0.337 e. The van der Waals surface area contributed by atoms with Gasteiger partial charge >= 0.3 is 5.97 Å². The number of ketones is 1. The molecule has 3 aromatic rings. The van der Waals surface area contributed by atoms with Crippen molar-refractivity contribution in [3.05, 3.63) is 107 Å². The van der Waals surface area contributed by atoms with Crippen molar-refractivity contribution in [2.45, 2.75) is 19.8 Å². The Morgan fingerprint density at radius 1 is 0.757 bits per heavy atom. The van der Waals surface area contributed by atoms with E-state index in [1.54, 1.807) is 60.7 Å². The van der Waals surface area contributed by atoms with E-state index < -0.39 is 17.8 Å². The maximum Gasteiger partial charge on any atom is 0.337 e. The number of esters is 1. The molecule has 1 aliphatic carbocycles. The topological polar surface area (TPSA) is 102 Å². The van der Waals surface area contributed by atoms with E-state index in [-0.39, 0.29) is 17.6 Å². The van der Waals surface area contributed by atoms with E-state index in [0.29, 0.717) is 40.9 Å². The molecular formula is C30H28N2O5. The van der Waals surface area contributed by atoms with Gasteiger partial charge in [-0.1, -0.05) is 54.1 Å². The molecule has 0 radical (unpaired) electrons. The number of amides is 2. The minimum absolute atomic E-state index is 0.187. The fraction of sp³-hybridized carbons (Fsp3) is 0.200. The van der Waals surface area contributed by atoms with Crippen LogP contribution in [0.1, 0.15) is 44.7 Å². The summed E-state index contributed by atoms with van der Waals surface area (Å²) in [5, 5.41) is 5.75. The molecule has 2 N–H and O–H groups in total. The van der Waals surface area contributed by atoms with Gasteiger partial charge < -0.3 is 15.4 Å². The molecule has 0 saturated heterocycles. The van der Waals surface area contributed by atoms with Crippen molar-refractivity contribution in [3.8, 4) is 0 Å². The minimum Gasteiger partial charge on any atom is -0.465 e. The summed E-state index contributed by atoms with van der Waals surface area (Å²) in [6, 6.07) is 20.6. The lowest BCUT2D eigenvalue weighted by Gasteiger charge is -2.27. The summed E-state index contributed by atoms with van der Waals surface area (Å²) in [6.45, 7) is 1.89. The molecule has 0 aromatic heterocycles. The SMILES string of the molecule is COC(=O)c1ccc(NC(=O)C2CC=CCC2C(=O)Nc2ccc(C)cc2C(=O)c2ccccc2)cc1. The van der Waals surface area contributed by atoms with E-state index in [0.717, 1.165) is 5.56 Å². The first-order valence-corrected chi connectivity index (χ1v) is 12.0. The number of anilines is 2. The molecule has 37 heavy (non-hydrogen) atoms. The fourth-order valence-corrected chi connectivity index (χ4v) is 4.36. The highest BCUT2D eigenvalue weighted by Crippen LogP contribution is 2.30. The third-order valence-electron chi connectivity index (χ3n) is 6.39. The molecule has 0 fully saturated rings. The molecule has 188 valence electrons. The summed E-state index contributed by atoms with van der Waals surface area (Å²) in [7, 11) is 1.30. The van der Waals surface area contributed by atoms with Crippen molar-refractivity contribution in [1.82, 2.24) is 0 Å². The van der Waals surface area contributed by atoms with Crippen LogP contribution in [0.3, 0.4) is 0 Å². The molecule has 2 atom stereocenters. The van der Waals surface area contributed by atoms with Gasteiger partial charge in [0.25, 0.3) is 0 Å². The van der Waals surface area contributed by atoms with Crippen molar-refractivity contribution < 1.29 is 23.9 Å². The standard InChI is InChI=1S/C30H28N2O5/c1-19-12-17-26(25(18-19)27(33)20-8-4-3-5-9-20)32-29(35)24-11-7-6-10-23(24)28(34)31-22-15-13-21(14-16-22)30(36)37-2/h3-9,12-18,23-24H,10-11H2,1-2H3,(H,31,34)(H,32,35). The minimum atomic E-state index is -0.611. The quantitative estimate of drug-likeness (QED) is 0.267. The van der Waals surface area contributed by atoms with Gasteiger partial charge in [-0.15, -0.1) is 0 Å². The normalized spacial score (nSPS) is 16.5. The highest BCUT2D eigenvalue weighted by Gasteiger charge is 2.34. The Kier molecular flexibility index (Phi) is 7.93. The Balaban J connectivity index is 1.51. The second-order valence-electron chi connectivity index (χ2n) is 8.95. The van der Waals surface area contributed by atoms with Gasteiger partial charge in [-0.25, -0.2) is 4.79 Å². The molecule has 1 aliphatic rings. The van der Waals surface area contributed by atoms with Crippen LogP contribution in [0.2, 0.25) is 0 Å². The summed E-state index contributed by atoms with van der Waals surface area (Å²) in [5.41, 5.74) is 3.13. The lowest BCUT2D eigenvalue weighted by molar-refractivity contribution is -0.129. The summed E-state index contributed by atoms with van der Waals surface area (Å²) in [6.07, 6.45) is 4.60. The third kappa shape index (κ3) is 6.01. The van der Waals surface area contributed by atoms with Crippen molar-refractivity contribution in [2.75, 3.05) is 17.7 Å². The lowest BCUT2D eigenvalue weighted by Crippen LogP contribution is -2.37. The Bertz CT molecular complexity index is 1350. The second-order valence-corrected chi connectivity index (χ2v) is 8.95. The first-order chi connectivity index (χ1) is 17.9. The Morgan fingerprint density at radius 3 is 2.00 bits per heavy atom. The highest BCUT2D eigenvalue weighted by atomic mass is 16.5. The van der Waals surface area contributed by atoms with Crippen LogP contribution in [0.4, 0.5) is 11.4 Å². The van der Waals surface area contributed by atoms with E-state index in [4.69, 9.17) is 4.74 Å². The highest BCUT2D eigenvalue weighted by molar-refractivity contribution is 6.14. The average Bonchev–Trinajstić information content (AvgIpc) is 2.94. The average molecular weight is 497 g/mol. The number of rotatable bonds is 7. The number of benzene rings is 3. The number of ether oxygens (including phenoxy) is 1. The number of methoxy groups -OCH3 is 1. The zero-order valence-corrected chi connectivity index (χ0v) is 20.7. The van der Waals surface area contributed by atoms with Crippen LogP contribution in [0.5, 0.6) is 0 Å². The monoisotopic (exact) mass is 496 g/mol.